The second-order valence-corrected chi connectivity index (χ2v) is 5.89. The Morgan fingerprint density at radius 3 is 2.65 bits per heavy atom. The quantitative estimate of drug-likeness (QED) is 0.762. The van der Waals surface area contributed by atoms with Gasteiger partial charge in [-0.3, -0.25) is 4.79 Å². The van der Waals surface area contributed by atoms with Crippen LogP contribution in [0.15, 0.2) is 6.07 Å². The van der Waals surface area contributed by atoms with E-state index in [4.69, 9.17) is 0 Å². The highest BCUT2D eigenvalue weighted by molar-refractivity contribution is 7.14. The molecule has 0 bridgehead atoms. The molecule has 1 aromatic rings. The monoisotopic (exact) mass is 253 g/mol. The maximum atomic E-state index is 12.2. The van der Waals surface area contributed by atoms with Crippen LogP contribution in [0.2, 0.25) is 0 Å². The third kappa shape index (κ3) is 1.88. The molecular weight excluding hydrogens is 238 g/mol. The van der Waals surface area contributed by atoms with Gasteiger partial charge >= 0.3 is 0 Å². The number of hydrogen-bond acceptors (Lipinski definition) is 4. The Morgan fingerprint density at radius 1 is 1.29 bits per heavy atom. The average Bonchev–Trinajstić information content (AvgIpc) is 2.92. The maximum absolute atomic E-state index is 12.2. The molecule has 4 nitrogen and oxygen atoms in total. The van der Waals surface area contributed by atoms with Crippen molar-refractivity contribution in [2.24, 2.45) is 0 Å². The maximum Gasteiger partial charge on any atom is 0.264 e. The van der Waals surface area contributed by atoms with Gasteiger partial charge in [-0.25, -0.2) is 0 Å². The summed E-state index contributed by atoms with van der Waals surface area (Å²) in [6, 6.07) is 1.98. The van der Waals surface area contributed by atoms with Crippen LogP contribution in [0.4, 0.5) is 0 Å². The highest BCUT2D eigenvalue weighted by atomic mass is 32.1. The number of aliphatic hydroxyl groups is 2. The van der Waals surface area contributed by atoms with Crippen LogP contribution < -0.4 is 0 Å². The number of aryl methyl sites for hydroxylation is 2. The van der Waals surface area contributed by atoms with Gasteiger partial charge in [-0.2, -0.15) is 0 Å². The Kier molecular flexibility index (Phi) is 2.69. The average molecular weight is 253 g/mol. The number of likely N-dealkylation sites (tertiary alicyclic amines) is 1. The normalized spacial score (nSPS) is 27.5. The largest absolute Gasteiger partial charge is 0.388 e. The molecule has 2 atom stereocenters. The van der Waals surface area contributed by atoms with Crippen molar-refractivity contribution in [3.8, 4) is 0 Å². The summed E-state index contributed by atoms with van der Waals surface area (Å²) in [4.78, 5) is 15.8. The molecule has 1 amide bonds. The summed E-state index contributed by atoms with van der Waals surface area (Å²) in [6.07, 6.45) is 1.75. The van der Waals surface area contributed by atoms with Gasteiger partial charge in [0, 0.05) is 18.0 Å². The first-order valence-corrected chi connectivity index (χ1v) is 6.74. The van der Waals surface area contributed by atoms with Crippen molar-refractivity contribution in [2.45, 2.75) is 31.5 Å². The predicted molar refractivity (Wildman–Crippen MR) is 64.3 cm³/mol. The van der Waals surface area contributed by atoms with Crippen molar-refractivity contribution in [2.75, 3.05) is 13.1 Å². The molecule has 1 aliphatic carbocycles. The minimum atomic E-state index is -0.800. The van der Waals surface area contributed by atoms with Gasteiger partial charge in [0.25, 0.3) is 5.91 Å². The number of aliphatic hydroxyl groups excluding tert-OH is 2. The summed E-state index contributed by atoms with van der Waals surface area (Å²) >= 11 is 1.56. The van der Waals surface area contributed by atoms with Gasteiger partial charge in [-0.05, 0) is 30.9 Å². The van der Waals surface area contributed by atoms with E-state index < -0.39 is 12.2 Å². The van der Waals surface area contributed by atoms with E-state index in [0.29, 0.717) is 0 Å². The van der Waals surface area contributed by atoms with Gasteiger partial charge in [0.2, 0.25) is 0 Å². The van der Waals surface area contributed by atoms with Crippen molar-refractivity contribution >= 4 is 17.2 Å². The van der Waals surface area contributed by atoms with Crippen molar-refractivity contribution in [3.05, 3.63) is 21.4 Å². The number of β-amino-alcohol motifs (C(OH)–C–C–N with tert-alkyl or cyclic N) is 2. The van der Waals surface area contributed by atoms with E-state index in [1.54, 1.807) is 11.3 Å². The lowest BCUT2D eigenvalue weighted by Crippen LogP contribution is -2.29. The molecule has 2 unspecified atom stereocenters. The SMILES string of the molecule is O=C(c1cc2c(s1)CCC2)N1CC(O)C(O)C1. The zero-order valence-electron chi connectivity index (χ0n) is 9.43. The minimum Gasteiger partial charge on any atom is -0.388 e. The van der Waals surface area contributed by atoms with Crippen molar-refractivity contribution in [3.63, 3.8) is 0 Å². The van der Waals surface area contributed by atoms with E-state index in [1.165, 1.54) is 21.8 Å². The van der Waals surface area contributed by atoms with Crippen molar-refractivity contribution < 1.29 is 15.0 Å². The van der Waals surface area contributed by atoms with Crippen molar-refractivity contribution in [1.29, 1.82) is 0 Å². The lowest BCUT2D eigenvalue weighted by Gasteiger charge is -2.13. The number of carbonyl (C=O) groups is 1. The van der Waals surface area contributed by atoms with E-state index >= 15 is 0 Å². The molecule has 1 aliphatic heterocycles. The second-order valence-electron chi connectivity index (χ2n) is 4.76. The summed E-state index contributed by atoms with van der Waals surface area (Å²) in [5.74, 6) is -0.0556. The first-order chi connectivity index (χ1) is 8.15. The zero-order valence-corrected chi connectivity index (χ0v) is 10.2. The van der Waals surface area contributed by atoms with Gasteiger partial charge in [0.1, 0.15) is 0 Å². The highest BCUT2D eigenvalue weighted by Crippen LogP contribution is 2.31. The van der Waals surface area contributed by atoms with E-state index in [0.717, 1.165) is 17.7 Å². The van der Waals surface area contributed by atoms with Crippen LogP contribution in [0.5, 0.6) is 0 Å². The van der Waals surface area contributed by atoms with Gasteiger partial charge in [0.15, 0.2) is 0 Å². The number of amides is 1. The predicted octanol–water partition coefficient (Wildman–Crippen LogP) is 0.414. The molecule has 0 aromatic carbocycles. The Labute approximate surface area is 103 Å². The lowest BCUT2D eigenvalue weighted by atomic mass is 10.2. The molecule has 2 aliphatic rings. The fourth-order valence-corrected chi connectivity index (χ4v) is 3.75. The number of fused-ring (bicyclic) bond motifs is 1. The zero-order chi connectivity index (χ0) is 12.0. The van der Waals surface area contributed by atoms with E-state index in [9.17, 15) is 15.0 Å². The molecule has 5 heteroatoms. The summed E-state index contributed by atoms with van der Waals surface area (Å²) in [6.45, 7) is 0.477. The Hall–Kier alpha value is -0.910. The molecule has 92 valence electrons. The first kappa shape index (κ1) is 11.2. The smallest absolute Gasteiger partial charge is 0.264 e. The Bertz CT molecular complexity index is 425. The van der Waals surface area contributed by atoms with Gasteiger partial charge in [-0.1, -0.05) is 0 Å². The summed E-state index contributed by atoms with van der Waals surface area (Å²) < 4.78 is 0. The highest BCUT2D eigenvalue weighted by Gasteiger charge is 2.34. The van der Waals surface area contributed by atoms with Crippen LogP contribution in [0, 0.1) is 0 Å². The van der Waals surface area contributed by atoms with Crippen LogP contribution in [0.25, 0.3) is 0 Å². The number of rotatable bonds is 1. The van der Waals surface area contributed by atoms with E-state index in [2.05, 4.69) is 0 Å². The molecule has 0 spiro atoms. The van der Waals surface area contributed by atoms with Gasteiger partial charge in [0.05, 0.1) is 17.1 Å². The molecule has 2 N–H and O–H groups in total. The molecule has 1 fully saturated rings. The summed E-state index contributed by atoms with van der Waals surface area (Å²) in [5, 5.41) is 18.9. The van der Waals surface area contributed by atoms with Crippen LogP contribution in [0.1, 0.15) is 26.5 Å². The van der Waals surface area contributed by atoms with Gasteiger partial charge < -0.3 is 15.1 Å². The number of hydrogen-bond donors (Lipinski definition) is 2. The van der Waals surface area contributed by atoms with E-state index in [-0.39, 0.29) is 19.0 Å². The lowest BCUT2D eigenvalue weighted by molar-refractivity contribution is 0.0572. The molecule has 0 saturated carbocycles. The topological polar surface area (TPSA) is 60.8 Å². The fourth-order valence-electron chi connectivity index (χ4n) is 2.53. The first-order valence-electron chi connectivity index (χ1n) is 5.92. The second kappa shape index (κ2) is 4.08. The molecule has 2 heterocycles. The van der Waals surface area contributed by atoms with Crippen LogP contribution in [-0.2, 0) is 12.8 Å². The van der Waals surface area contributed by atoms with Crippen LogP contribution >= 0.6 is 11.3 Å². The third-order valence-corrected chi connectivity index (χ3v) is 4.73. The molecule has 0 radical (unpaired) electrons. The standard InChI is InChI=1S/C12H15NO3S/c14-8-5-13(6-9(8)15)12(16)11-4-7-2-1-3-10(7)17-11/h4,8-9,14-15H,1-3,5-6H2. The summed E-state index contributed by atoms with van der Waals surface area (Å²) in [5.41, 5.74) is 1.30. The molecule has 1 saturated heterocycles. The number of carbonyl (C=O) groups excluding carboxylic acids is 1. The van der Waals surface area contributed by atoms with Crippen LogP contribution in [0.3, 0.4) is 0 Å². The minimum absolute atomic E-state index is 0.0556. The van der Waals surface area contributed by atoms with E-state index in [1.807, 2.05) is 6.07 Å². The van der Waals surface area contributed by atoms with Gasteiger partial charge in [-0.15, -0.1) is 11.3 Å². The van der Waals surface area contributed by atoms with Crippen LogP contribution in [-0.4, -0.2) is 46.3 Å². The third-order valence-electron chi connectivity index (χ3n) is 3.50. The Balaban J connectivity index is 1.78. The fraction of sp³-hybridized carbons (Fsp3) is 0.583. The van der Waals surface area contributed by atoms with Crippen molar-refractivity contribution in [1.82, 2.24) is 4.90 Å². The molecular formula is C12H15NO3S. The Morgan fingerprint density at radius 2 is 2.00 bits per heavy atom. The summed E-state index contributed by atoms with van der Waals surface area (Å²) in [7, 11) is 0. The molecule has 1 aromatic heterocycles. The molecule has 3 rings (SSSR count). The molecule has 17 heavy (non-hydrogen) atoms. The number of nitrogens with zero attached hydrogens (tertiary/aromatic N) is 1. The number of thiophene rings is 1.